The molecular weight excluding hydrogens is 112 g/mol. The third-order valence-electron chi connectivity index (χ3n) is 2.63. The smallest absolute Gasteiger partial charge is 0.179 e. The Bertz CT molecular complexity index is 147. The Morgan fingerprint density at radius 3 is 2.11 bits per heavy atom. The summed E-state index contributed by atoms with van der Waals surface area (Å²) in [7, 11) is 0. The minimum atomic E-state index is 0.879. The molecule has 1 heterocycles. The van der Waals surface area contributed by atoms with Gasteiger partial charge >= 0.3 is 0 Å². The standard InChI is InChI=1S/C7H10N2/c8-5-9-3-6-1-2-7(6)4-9/h6-7H,1-4H2/t6-,7?/m0/s1. The van der Waals surface area contributed by atoms with Gasteiger partial charge < -0.3 is 4.90 Å². The molecule has 2 nitrogen and oxygen atoms in total. The molecule has 1 saturated carbocycles. The van der Waals surface area contributed by atoms with Crippen LogP contribution in [0, 0.1) is 23.3 Å². The molecule has 1 aliphatic heterocycles. The summed E-state index contributed by atoms with van der Waals surface area (Å²) in [5.74, 6) is 1.76. The molecular formula is C7H10N2. The fraction of sp³-hybridized carbons (Fsp3) is 0.857. The summed E-state index contributed by atoms with van der Waals surface area (Å²) in [5.41, 5.74) is 0. The number of rotatable bonds is 0. The number of nitriles is 1. The zero-order valence-corrected chi connectivity index (χ0v) is 5.38. The molecule has 0 radical (unpaired) electrons. The van der Waals surface area contributed by atoms with Gasteiger partial charge in [0.25, 0.3) is 0 Å². The minimum absolute atomic E-state index is 0.879. The Balaban J connectivity index is 2.01. The normalized spacial score (nSPS) is 39.2. The first-order valence-electron chi connectivity index (χ1n) is 3.55. The van der Waals surface area contributed by atoms with Crippen molar-refractivity contribution in [3.05, 3.63) is 0 Å². The van der Waals surface area contributed by atoms with Crippen LogP contribution in [-0.2, 0) is 0 Å². The van der Waals surface area contributed by atoms with Crippen LogP contribution in [0.1, 0.15) is 12.8 Å². The molecule has 0 N–H and O–H groups in total. The summed E-state index contributed by atoms with van der Waals surface area (Å²) in [6.45, 7) is 2.09. The Labute approximate surface area is 55.1 Å². The second-order valence-corrected chi connectivity index (χ2v) is 3.10. The minimum Gasteiger partial charge on any atom is -0.310 e. The summed E-state index contributed by atoms with van der Waals surface area (Å²) >= 11 is 0. The van der Waals surface area contributed by atoms with E-state index in [9.17, 15) is 0 Å². The van der Waals surface area contributed by atoms with E-state index in [0.29, 0.717) is 0 Å². The lowest BCUT2D eigenvalue weighted by atomic mass is 9.77. The maximum absolute atomic E-state index is 8.51. The van der Waals surface area contributed by atoms with Crippen LogP contribution in [0.2, 0.25) is 0 Å². The molecule has 0 aromatic heterocycles. The van der Waals surface area contributed by atoms with Crippen molar-refractivity contribution in [2.45, 2.75) is 12.8 Å². The van der Waals surface area contributed by atoms with Gasteiger partial charge in [-0.05, 0) is 24.7 Å². The molecule has 0 aromatic carbocycles. The van der Waals surface area contributed by atoms with E-state index in [2.05, 4.69) is 6.19 Å². The molecule has 0 amide bonds. The molecule has 0 aromatic rings. The Hall–Kier alpha value is -0.710. The lowest BCUT2D eigenvalue weighted by molar-refractivity contribution is 0.243. The lowest BCUT2D eigenvalue weighted by Crippen LogP contribution is -2.22. The van der Waals surface area contributed by atoms with Crippen LogP contribution in [0.25, 0.3) is 0 Å². The highest BCUT2D eigenvalue weighted by Crippen LogP contribution is 2.39. The number of fused-ring (bicyclic) bond motifs is 1. The molecule has 1 saturated heterocycles. The van der Waals surface area contributed by atoms with Crippen molar-refractivity contribution < 1.29 is 0 Å². The predicted molar refractivity (Wildman–Crippen MR) is 33.4 cm³/mol. The number of nitrogens with zero attached hydrogens (tertiary/aromatic N) is 2. The van der Waals surface area contributed by atoms with Crippen molar-refractivity contribution in [3.8, 4) is 6.19 Å². The van der Waals surface area contributed by atoms with Gasteiger partial charge in [-0.2, -0.15) is 5.26 Å². The van der Waals surface area contributed by atoms with E-state index in [1.165, 1.54) is 12.8 Å². The molecule has 9 heavy (non-hydrogen) atoms. The van der Waals surface area contributed by atoms with Crippen LogP contribution in [0.3, 0.4) is 0 Å². The van der Waals surface area contributed by atoms with Crippen molar-refractivity contribution in [2.75, 3.05) is 13.1 Å². The summed E-state index contributed by atoms with van der Waals surface area (Å²) in [6.07, 6.45) is 4.93. The first-order valence-corrected chi connectivity index (χ1v) is 3.55. The van der Waals surface area contributed by atoms with Gasteiger partial charge in [0.05, 0.1) is 0 Å². The maximum Gasteiger partial charge on any atom is 0.179 e. The van der Waals surface area contributed by atoms with Crippen molar-refractivity contribution in [2.24, 2.45) is 11.8 Å². The highest BCUT2D eigenvalue weighted by atomic mass is 15.1. The second kappa shape index (κ2) is 1.63. The van der Waals surface area contributed by atoms with Gasteiger partial charge in [-0.25, -0.2) is 0 Å². The molecule has 2 fully saturated rings. The first-order chi connectivity index (χ1) is 4.40. The fourth-order valence-corrected chi connectivity index (χ4v) is 1.84. The van der Waals surface area contributed by atoms with Gasteiger partial charge in [0, 0.05) is 13.1 Å². The van der Waals surface area contributed by atoms with E-state index < -0.39 is 0 Å². The topological polar surface area (TPSA) is 27.0 Å². The molecule has 0 bridgehead atoms. The fourth-order valence-electron chi connectivity index (χ4n) is 1.84. The molecule has 1 unspecified atom stereocenters. The third kappa shape index (κ3) is 0.610. The molecule has 1 aliphatic carbocycles. The highest BCUT2D eigenvalue weighted by molar-refractivity contribution is 4.95. The van der Waals surface area contributed by atoms with Crippen molar-refractivity contribution in [3.63, 3.8) is 0 Å². The van der Waals surface area contributed by atoms with E-state index in [1.54, 1.807) is 0 Å². The molecule has 48 valence electrons. The predicted octanol–water partition coefficient (Wildman–Crippen LogP) is 0.809. The SMILES string of the molecule is N#CN1CC2CC[C@H]2C1. The average molecular weight is 122 g/mol. The molecule has 2 rings (SSSR count). The first kappa shape index (κ1) is 5.10. The van der Waals surface area contributed by atoms with E-state index in [1.807, 2.05) is 4.90 Å². The number of hydrogen-bond donors (Lipinski definition) is 0. The van der Waals surface area contributed by atoms with E-state index in [0.717, 1.165) is 24.9 Å². The number of likely N-dealkylation sites (tertiary alicyclic amines) is 1. The second-order valence-electron chi connectivity index (χ2n) is 3.10. The summed E-state index contributed by atoms with van der Waals surface area (Å²) in [6, 6.07) is 0. The van der Waals surface area contributed by atoms with Crippen molar-refractivity contribution in [1.82, 2.24) is 4.90 Å². The zero-order valence-electron chi connectivity index (χ0n) is 5.38. The van der Waals surface area contributed by atoms with Gasteiger partial charge in [-0.3, -0.25) is 0 Å². The molecule has 2 atom stereocenters. The van der Waals surface area contributed by atoms with Crippen LogP contribution in [0.5, 0.6) is 0 Å². The Morgan fingerprint density at radius 2 is 1.78 bits per heavy atom. The maximum atomic E-state index is 8.51. The van der Waals surface area contributed by atoms with Crippen LogP contribution in [0.4, 0.5) is 0 Å². The van der Waals surface area contributed by atoms with Gasteiger partial charge in [0.15, 0.2) is 6.19 Å². The average Bonchev–Trinajstić information content (AvgIpc) is 2.10. The van der Waals surface area contributed by atoms with Crippen LogP contribution < -0.4 is 0 Å². The largest absolute Gasteiger partial charge is 0.310 e. The Kier molecular flexibility index (Phi) is 0.926. The summed E-state index contributed by atoms with van der Waals surface area (Å²) in [4.78, 5) is 1.89. The lowest BCUT2D eigenvalue weighted by Gasteiger charge is -2.27. The number of hydrogen-bond acceptors (Lipinski definition) is 2. The highest BCUT2D eigenvalue weighted by Gasteiger charge is 2.38. The van der Waals surface area contributed by atoms with Crippen molar-refractivity contribution >= 4 is 0 Å². The van der Waals surface area contributed by atoms with Crippen LogP contribution in [0.15, 0.2) is 0 Å². The van der Waals surface area contributed by atoms with Gasteiger partial charge in [-0.15, -0.1) is 0 Å². The van der Waals surface area contributed by atoms with E-state index >= 15 is 0 Å². The summed E-state index contributed by atoms with van der Waals surface area (Å²) < 4.78 is 0. The summed E-state index contributed by atoms with van der Waals surface area (Å²) in [5, 5.41) is 8.51. The van der Waals surface area contributed by atoms with Crippen molar-refractivity contribution in [1.29, 1.82) is 5.26 Å². The Morgan fingerprint density at radius 1 is 1.22 bits per heavy atom. The quantitative estimate of drug-likeness (QED) is 0.444. The van der Waals surface area contributed by atoms with E-state index in [-0.39, 0.29) is 0 Å². The van der Waals surface area contributed by atoms with Gasteiger partial charge in [-0.1, -0.05) is 0 Å². The van der Waals surface area contributed by atoms with E-state index in [4.69, 9.17) is 5.26 Å². The van der Waals surface area contributed by atoms with Gasteiger partial charge in [0.2, 0.25) is 0 Å². The molecule has 2 aliphatic rings. The van der Waals surface area contributed by atoms with Crippen LogP contribution >= 0.6 is 0 Å². The third-order valence-corrected chi connectivity index (χ3v) is 2.63. The molecule has 2 heteroatoms. The van der Waals surface area contributed by atoms with Gasteiger partial charge in [0.1, 0.15) is 0 Å². The monoisotopic (exact) mass is 122 g/mol. The molecule has 0 spiro atoms. The van der Waals surface area contributed by atoms with Crippen LogP contribution in [-0.4, -0.2) is 18.0 Å². The zero-order chi connectivity index (χ0) is 6.27.